The topological polar surface area (TPSA) is 65.5 Å². The molecular formula is C23H31N3O2. The van der Waals surface area contributed by atoms with E-state index in [9.17, 15) is 9.90 Å². The van der Waals surface area contributed by atoms with Crippen molar-refractivity contribution in [2.45, 2.75) is 44.6 Å². The molecule has 150 valence electrons. The van der Waals surface area contributed by atoms with Crippen LogP contribution in [0.5, 0.6) is 0 Å². The van der Waals surface area contributed by atoms with Gasteiger partial charge in [-0.15, -0.1) is 0 Å². The number of hydrogen-bond acceptors (Lipinski definition) is 4. The number of carbonyl (C=O) groups excluding carboxylic acids is 1. The van der Waals surface area contributed by atoms with Gasteiger partial charge in [0, 0.05) is 36.6 Å². The van der Waals surface area contributed by atoms with Crippen LogP contribution in [0, 0.1) is 11.8 Å². The molecule has 28 heavy (non-hydrogen) atoms. The summed E-state index contributed by atoms with van der Waals surface area (Å²) < 4.78 is 0. The summed E-state index contributed by atoms with van der Waals surface area (Å²) in [6, 6.07) is 12.2. The van der Waals surface area contributed by atoms with Gasteiger partial charge in [-0.3, -0.25) is 14.7 Å². The maximum absolute atomic E-state index is 12.3. The number of para-hydroxylation sites is 1. The molecule has 4 rings (SSSR count). The lowest BCUT2D eigenvalue weighted by Gasteiger charge is -2.22. The molecule has 1 aliphatic heterocycles. The molecule has 2 aliphatic rings. The fraction of sp³-hybridized carbons (Fsp3) is 0.565. The van der Waals surface area contributed by atoms with E-state index in [4.69, 9.17) is 4.98 Å². The van der Waals surface area contributed by atoms with E-state index in [1.165, 1.54) is 32.1 Å². The average Bonchev–Trinajstić information content (AvgIpc) is 3.05. The summed E-state index contributed by atoms with van der Waals surface area (Å²) in [7, 11) is 0. The molecule has 0 bridgehead atoms. The zero-order valence-electron chi connectivity index (χ0n) is 16.5. The van der Waals surface area contributed by atoms with Crippen LogP contribution in [-0.2, 0) is 11.2 Å². The van der Waals surface area contributed by atoms with Gasteiger partial charge in [0.15, 0.2) is 0 Å². The van der Waals surface area contributed by atoms with Gasteiger partial charge in [0.2, 0.25) is 5.91 Å². The highest BCUT2D eigenvalue weighted by molar-refractivity contribution is 5.78. The monoisotopic (exact) mass is 381 g/mol. The van der Waals surface area contributed by atoms with Crippen molar-refractivity contribution in [3.05, 3.63) is 42.1 Å². The SMILES string of the molecule is O=C(CN1C[C@@H](Cc2ccc3ccccc3n2)[C@H](O)C1)NCC1CCCCC1. The maximum atomic E-state index is 12.3. The van der Waals surface area contributed by atoms with E-state index in [0.29, 0.717) is 19.0 Å². The predicted octanol–water partition coefficient (Wildman–Crippen LogP) is 2.77. The molecule has 2 fully saturated rings. The Hall–Kier alpha value is -1.98. The number of aliphatic hydroxyl groups excluding tert-OH is 1. The third-order valence-electron chi connectivity index (χ3n) is 6.29. The lowest BCUT2D eigenvalue weighted by molar-refractivity contribution is -0.122. The van der Waals surface area contributed by atoms with Crippen LogP contribution >= 0.6 is 0 Å². The van der Waals surface area contributed by atoms with Crippen LogP contribution in [0.3, 0.4) is 0 Å². The molecular weight excluding hydrogens is 350 g/mol. The van der Waals surface area contributed by atoms with Crippen LogP contribution < -0.4 is 5.32 Å². The number of fused-ring (bicyclic) bond motifs is 1. The number of benzene rings is 1. The molecule has 1 saturated heterocycles. The Morgan fingerprint density at radius 1 is 1.11 bits per heavy atom. The van der Waals surface area contributed by atoms with E-state index < -0.39 is 6.10 Å². The average molecular weight is 382 g/mol. The lowest BCUT2D eigenvalue weighted by atomic mass is 9.89. The van der Waals surface area contributed by atoms with E-state index in [1.807, 2.05) is 18.2 Å². The first-order valence-electron chi connectivity index (χ1n) is 10.7. The van der Waals surface area contributed by atoms with Gasteiger partial charge in [0.1, 0.15) is 0 Å². The summed E-state index contributed by atoms with van der Waals surface area (Å²) in [6.45, 7) is 2.49. The van der Waals surface area contributed by atoms with Crippen molar-refractivity contribution in [1.29, 1.82) is 0 Å². The number of aromatic nitrogens is 1. The molecule has 1 aromatic heterocycles. The number of nitrogens with one attached hydrogen (secondary N) is 1. The molecule has 2 aromatic rings. The summed E-state index contributed by atoms with van der Waals surface area (Å²) in [5.74, 6) is 0.857. The lowest BCUT2D eigenvalue weighted by Crippen LogP contribution is -2.38. The Labute approximate surface area is 167 Å². The molecule has 1 saturated carbocycles. The summed E-state index contributed by atoms with van der Waals surface area (Å²) in [4.78, 5) is 19.1. The minimum atomic E-state index is -0.403. The van der Waals surface area contributed by atoms with E-state index in [-0.39, 0.29) is 11.8 Å². The highest BCUT2D eigenvalue weighted by Gasteiger charge is 2.32. The zero-order valence-corrected chi connectivity index (χ0v) is 16.5. The van der Waals surface area contributed by atoms with Crippen LogP contribution in [0.1, 0.15) is 37.8 Å². The Kier molecular flexibility index (Phi) is 6.23. The van der Waals surface area contributed by atoms with Crippen LogP contribution in [-0.4, -0.2) is 53.2 Å². The molecule has 5 nitrogen and oxygen atoms in total. The van der Waals surface area contributed by atoms with Gasteiger partial charge in [0.25, 0.3) is 0 Å². The van der Waals surface area contributed by atoms with Gasteiger partial charge in [-0.25, -0.2) is 0 Å². The van der Waals surface area contributed by atoms with Crippen molar-refractivity contribution in [2.24, 2.45) is 11.8 Å². The molecule has 0 radical (unpaired) electrons. The first-order chi connectivity index (χ1) is 13.7. The maximum Gasteiger partial charge on any atom is 0.234 e. The van der Waals surface area contributed by atoms with E-state index in [0.717, 1.165) is 36.1 Å². The first kappa shape index (κ1) is 19.3. The molecule has 1 amide bonds. The standard InChI is InChI=1S/C23H31N3O2/c27-22-15-26(16-23(28)24-13-17-6-2-1-3-7-17)14-19(22)12-20-11-10-18-8-4-5-9-21(18)25-20/h4-5,8-11,17,19,22,27H,1-3,6-7,12-16H2,(H,24,28)/t19-,22-/m1/s1. The Morgan fingerprint density at radius 3 is 2.79 bits per heavy atom. The highest BCUT2D eigenvalue weighted by Crippen LogP contribution is 2.23. The minimum absolute atomic E-state index is 0.0854. The molecule has 2 heterocycles. The number of aliphatic hydroxyl groups is 1. The van der Waals surface area contributed by atoms with Gasteiger partial charge in [-0.05, 0) is 37.3 Å². The molecule has 2 N–H and O–H groups in total. The Balaban J connectivity index is 1.27. The molecule has 1 aliphatic carbocycles. The van der Waals surface area contributed by atoms with Crippen molar-refractivity contribution in [1.82, 2.24) is 15.2 Å². The van der Waals surface area contributed by atoms with Crippen LogP contribution in [0.15, 0.2) is 36.4 Å². The molecule has 2 atom stereocenters. The summed E-state index contributed by atoms with van der Waals surface area (Å²) in [5.41, 5.74) is 2.00. The second-order valence-electron chi connectivity index (χ2n) is 8.53. The van der Waals surface area contributed by atoms with Crippen molar-refractivity contribution in [2.75, 3.05) is 26.2 Å². The summed E-state index contributed by atoms with van der Waals surface area (Å²) in [6.07, 6.45) is 6.75. The Morgan fingerprint density at radius 2 is 1.93 bits per heavy atom. The van der Waals surface area contributed by atoms with Crippen molar-refractivity contribution in [3.8, 4) is 0 Å². The van der Waals surface area contributed by atoms with Crippen LogP contribution in [0.2, 0.25) is 0 Å². The van der Waals surface area contributed by atoms with E-state index in [1.54, 1.807) is 0 Å². The molecule has 0 spiro atoms. The molecule has 1 aromatic carbocycles. The van der Waals surface area contributed by atoms with E-state index >= 15 is 0 Å². The molecule has 0 unspecified atom stereocenters. The van der Waals surface area contributed by atoms with Gasteiger partial charge < -0.3 is 10.4 Å². The Bertz CT molecular complexity index is 803. The highest BCUT2D eigenvalue weighted by atomic mass is 16.3. The summed E-state index contributed by atoms with van der Waals surface area (Å²) in [5, 5.41) is 14.7. The van der Waals surface area contributed by atoms with Crippen LogP contribution in [0.25, 0.3) is 10.9 Å². The van der Waals surface area contributed by atoms with Gasteiger partial charge >= 0.3 is 0 Å². The number of β-amino-alcohol motifs (C(OH)–C–C–N with tert-alkyl or cyclic N) is 1. The predicted molar refractivity (Wildman–Crippen MR) is 111 cm³/mol. The van der Waals surface area contributed by atoms with E-state index in [2.05, 4.69) is 28.4 Å². The number of carbonyl (C=O) groups is 1. The number of hydrogen-bond donors (Lipinski definition) is 2. The van der Waals surface area contributed by atoms with Gasteiger partial charge in [-0.1, -0.05) is 43.5 Å². The second-order valence-corrected chi connectivity index (χ2v) is 8.53. The zero-order chi connectivity index (χ0) is 19.3. The second kappa shape index (κ2) is 9.01. The normalized spacial score (nSPS) is 23.9. The van der Waals surface area contributed by atoms with Gasteiger partial charge in [0.05, 0.1) is 18.2 Å². The first-order valence-corrected chi connectivity index (χ1v) is 10.7. The molecule has 5 heteroatoms. The number of nitrogens with zero attached hydrogens (tertiary/aromatic N) is 2. The van der Waals surface area contributed by atoms with Gasteiger partial charge in [-0.2, -0.15) is 0 Å². The minimum Gasteiger partial charge on any atom is -0.391 e. The quantitative estimate of drug-likeness (QED) is 0.808. The fourth-order valence-electron chi connectivity index (χ4n) is 4.67. The number of likely N-dealkylation sites (tertiary alicyclic amines) is 1. The van der Waals surface area contributed by atoms with Crippen molar-refractivity contribution < 1.29 is 9.90 Å². The van der Waals surface area contributed by atoms with Crippen molar-refractivity contribution >= 4 is 16.8 Å². The fourth-order valence-corrected chi connectivity index (χ4v) is 4.67. The number of amides is 1. The van der Waals surface area contributed by atoms with Crippen LogP contribution in [0.4, 0.5) is 0 Å². The largest absolute Gasteiger partial charge is 0.391 e. The third kappa shape index (κ3) is 4.89. The number of pyridine rings is 1. The number of rotatable bonds is 6. The smallest absolute Gasteiger partial charge is 0.234 e. The third-order valence-corrected chi connectivity index (χ3v) is 6.29. The van der Waals surface area contributed by atoms with Crippen molar-refractivity contribution in [3.63, 3.8) is 0 Å². The summed E-state index contributed by atoms with van der Waals surface area (Å²) >= 11 is 0.